The molecule has 0 bridgehead atoms. The largest absolute Gasteiger partial charge is 0.314 e. The van der Waals surface area contributed by atoms with Crippen molar-refractivity contribution < 1.29 is 0 Å². The van der Waals surface area contributed by atoms with Gasteiger partial charge in [0.15, 0.2) is 0 Å². The van der Waals surface area contributed by atoms with Crippen LogP contribution in [0.5, 0.6) is 0 Å². The van der Waals surface area contributed by atoms with Crippen molar-refractivity contribution in [3.8, 4) is 6.07 Å². The van der Waals surface area contributed by atoms with Crippen molar-refractivity contribution in [1.29, 1.82) is 5.26 Å². The van der Waals surface area contributed by atoms with Crippen LogP contribution in [0.4, 0.5) is 0 Å². The van der Waals surface area contributed by atoms with Crippen LogP contribution in [0.2, 0.25) is 0 Å². The van der Waals surface area contributed by atoms with Gasteiger partial charge in [0.2, 0.25) is 0 Å². The molecule has 9 heavy (non-hydrogen) atoms. The number of nitriles is 1. The minimum absolute atomic E-state index is 0.00269. The quantitative estimate of drug-likeness (QED) is 0.521. The molecule has 3 nitrogen and oxygen atoms in total. The molecule has 2 N–H and O–H groups in total. The van der Waals surface area contributed by atoms with Gasteiger partial charge in [-0.25, -0.2) is 0 Å². The molecular formula is C6H11N3. The molecule has 0 aromatic carbocycles. The summed E-state index contributed by atoms with van der Waals surface area (Å²) in [5, 5.41) is 14.6. The fourth-order valence-corrected chi connectivity index (χ4v) is 0.797. The van der Waals surface area contributed by atoms with Crippen molar-refractivity contribution in [3.05, 3.63) is 0 Å². The summed E-state index contributed by atoms with van der Waals surface area (Å²) >= 11 is 0. The predicted octanol–water partition coefficient (Wildman–Crippen LogP) is -0.540. The van der Waals surface area contributed by atoms with E-state index >= 15 is 0 Å². The van der Waals surface area contributed by atoms with E-state index in [1.807, 2.05) is 6.92 Å². The third-order valence-electron chi connectivity index (χ3n) is 1.46. The van der Waals surface area contributed by atoms with Crippen LogP contribution in [0.1, 0.15) is 6.92 Å². The molecule has 1 fully saturated rings. The Bertz CT molecular complexity index is 123. The fourth-order valence-electron chi connectivity index (χ4n) is 0.797. The predicted molar refractivity (Wildman–Crippen MR) is 34.9 cm³/mol. The molecule has 1 heterocycles. The number of nitrogens with zero attached hydrogens (tertiary/aromatic N) is 1. The van der Waals surface area contributed by atoms with Crippen molar-refractivity contribution in [2.75, 3.05) is 13.1 Å². The van der Waals surface area contributed by atoms with E-state index in [1.54, 1.807) is 0 Å². The second-order valence-electron chi connectivity index (χ2n) is 2.37. The molecular weight excluding hydrogens is 114 g/mol. The van der Waals surface area contributed by atoms with E-state index in [9.17, 15) is 0 Å². The van der Waals surface area contributed by atoms with Crippen LogP contribution in [0.3, 0.4) is 0 Å². The van der Waals surface area contributed by atoms with Gasteiger partial charge >= 0.3 is 0 Å². The smallest absolute Gasteiger partial charge is 0.0927 e. The summed E-state index contributed by atoms with van der Waals surface area (Å²) in [6, 6.07) is 2.65. The van der Waals surface area contributed by atoms with E-state index in [0.29, 0.717) is 6.04 Å². The summed E-state index contributed by atoms with van der Waals surface area (Å²) in [6.07, 6.45) is 0. The lowest BCUT2D eigenvalue weighted by Crippen LogP contribution is -2.57. The molecule has 0 aromatic heterocycles. The van der Waals surface area contributed by atoms with Crippen molar-refractivity contribution in [1.82, 2.24) is 10.6 Å². The summed E-state index contributed by atoms with van der Waals surface area (Å²) in [6.45, 7) is 3.89. The maximum atomic E-state index is 8.37. The van der Waals surface area contributed by atoms with E-state index in [-0.39, 0.29) is 6.04 Å². The lowest BCUT2D eigenvalue weighted by Gasteiger charge is -2.28. The Morgan fingerprint density at radius 3 is 2.78 bits per heavy atom. The van der Waals surface area contributed by atoms with Gasteiger partial charge in [-0.05, 0) is 6.92 Å². The summed E-state index contributed by atoms with van der Waals surface area (Å²) in [4.78, 5) is 0. The lowest BCUT2D eigenvalue weighted by atomic mass is 10.1. The van der Waals surface area contributed by atoms with Gasteiger partial charge in [0, 0.05) is 19.1 Å². The SMILES string of the molecule is C[C@H](C#N)NC1CNC1. The van der Waals surface area contributed by atoms with Gasteiger partial charge < -0.3 is 5.32 Å². The second kappa shape index (κ2) is 2.81. The fraction of sp³-hybridized carbons (Fsp3) is 0.833. The van der Waals surface area contributed by atoms with Gasteiger partial charge in [-0.1, -0.05) is 0 Å². The Hall–Kier alpha value is -0.590. The first-order valence-corrected chi connectivity index (χ1v) is 3.19. The minimum Gasteiger partial charge on any atom is -0.314 e. The van der Waals surface area contributed by atoms with Crippen LogP contribution < -0.4 is 10.6 Å². The molecule has 0 radical (unpaired) electrons. The summed E-state index contributed by atoms with van der Waals surface area (Å²) in [7, 11) is 0. The zero-order valence-electron chi connectivity index (χ0n) is 5.52. The number of rotatable bonds is 2. The summed E-state index contributed by atoms with van der Waals surface area (Å²) < 4.78 is 0. The van der Waals surface area contributed by atoms with Gasteiger partial charge in [0.1, 0.15) is 0 Å². The third-order valence-corrected chi connectivity index (χ3v) is 1.46. The maximum absolute atomic E-state index is 8.37. The van der Waals surface area contributed by atoms with E-state index in [1.165, 1.54) is 0 Å². The molecule has 1 rings (SSSR count). The topological polar surface area (TPSA) is 47.9 Å². The molecule has 3 heteroatoms. The van der Waals surface area contributed by atoms with Crippen molar-refractivity contribution in [3.63, 3.8) is 0 Å². The van der Waals surface area contributed by atoms with E-state index < -0.39 is 0 Å². The summed E-state index contributed by atoms with van der Waals surface area (Å²) in [5.74, 6) is 0. The summed E-state index contributed by atoms with van der Waals surface area (Å²) in [5.41, 5.74) is 0. The first-order chi connectivity index (χ1) is 4.33. The first kappa shape index (κ1) is 6.53. The van der Waals surface area contributed by atoms with Crippen molar-refractivity contribution in [2.24, 2.45) is 0 Å². The van der Waals surface area contributed by atoms with Gasteiger partial charge in [0.05, 0.1) is 12.1 Å². The van der Waals surface area contributed by atoms with Crippen LogP contribution in [0.15, 0.2) is 0 Å². The molecule has 0 unspecified atom stereocenters. The van der Waals surface area contributed by atoms with Gasteiger partial charge in [0.25, 0.3) is 0 Å². The first-order valence-electron chi connectivity index (χ1n) is 3.19. The third kappa shape index (κ3) is 1.67. The molecule has 0 spiro atoms. The van der Waals surface area contributed by atoms with Gasteiger partial charge in [-0.2, -0.15) is 5.26 Å². The highest BCUT2D eigenvalue weighted by atomic mass is 15.1. The molecule has 1 saturated heterocycles. The highest BCUT2D eigenvalue weighted by molar-refractivity contribution is 4.92. The highest BCUT2D eigenvalue weighted by Crippen LogP contribution is 1.91. The average molecular weight is 125 g/mol. The molecule has 0 saturated carbocycles. The van der Waals surface area contributed by atoms with E-state index in [4.69, 9.17) is 5.26 Å². The van der Waals surface area contributed by atoms with Crippen molar-refractivity contribution in [2.45, 2.75) is 19.0 Å². The minimum atomic E-state index is -0.00269. The number of hydrogen-bond acceptors (Lipinski definition) is 3. The van der Waals surface area contributed by atoms with Crippen molar-refractivity contribution >= 4 is 0 Å². The van der Waals surface area contributed by atoms with Crippen LogP contribution in [-0.2, 0) is 0 Å². The molecule has 50 valence electrons. The molecule has 1 aliphatic heterocycles. The Kier molecular flexibility index (Phi) is 2.04. The zero-order valence-corrected chi connectivity index (χ0v) is 5.52. The average Bonchev–Trinajstić information content (AvgIpc) is 1.78. The van der Waals surface area contributed by atoms with E-state index in [2.05, 4.69) is 16.7 Å². The van der Waals surface area contributed by atoms with Crippen LogP contribution in [0, 0.1) is 11.3 Å². The van der Waals surface area contributed by atoms with E-state index in [0.717, 1.165) is 13.1 Å². The molecule has 0 aromatic rings. The second-order valence-corrected chi connectivity index (χ2v) is 2.37. The molecule has 0 amide bonds. The van der Waals surface area contributed by atoms with Crippen LogP contribution in [0.25, 0.3) is 0 Å². The standard InChI is InChI=1S/C6H11N3/c1-5(2-7)9-6-3-8-4-6/h5-6,8-9H,3-4H2,1H3/t5-/m1/s1. The Morgan fingerprint density at radius 1 is 1.78 bits per heavy atom. The van der Waals surface area contributed by atoms with Crippen LogP contribution in [-0.4, -0.2) is 25.2 Å². The van der Waals surface area contributed by atoms with Crippen LogP contribution >= 0.6 is 0 Å². The Labute approximate surface area is 55.1 Å². The van der Waals surface area contributed by atoms with Gasteiger partial charge in [-0.15, -0.1) is 0 Å². The monoisotopic (exact) mass is 125 g/mol. The highest BCUT2D eigenvalue weighted by Gasteiger charge is 2.17. The molecule has 0 aliphatic carbocycles. The Balaban J connectivity index is 2.10. The number of nitrogens with one attached hydrogen (secondary N) is 2. The molecule has 1 atom stereocenters. The molecule has 1 aliphatic rings. The lowest BCUT2D eigenvalue weighted by molar-refractivity contribution is 0.356. The number of hydrogen-bond donors (Lipinski definition) is 2. The normalized spacial score (nSPS) is 22.2. The zero-order chi connectivity index (χ0) is 6.69. The van der Waals surface area contributed by atoms with Gasteiger partial charge in [-0.3, -0.25) is 5.32 Å². The maximum Gasteiger partial charge on any atom is 0.0927 e. The Morgan fingerprint density at radius 2 is 2.44 bits per heavy atom.